The van der Waals surface area contributed by atoms with Crippen LogP contribution in [0.4, 0.5) is 4.39 Å². The number of thiophene rings is 1. The van der Waals surface area contributed by atoms with Crippen LogP contribution in [0.5, 0.6) is 5.88 Å². The maximum absolute atomic E-state index is 13.4. The van der Waals surface area contributed by atoms with E-state index in [0.29, 0.717) is 31.8 Å². The molecule has 4 rings (SSSR count). The molecule has 6 nitrogen and oxygen atoms in total. The van der Waals surface area contributed by atoms with E-state index >= 15 is 0 Å². The van der Waals surface area contributed by atoms with Gasteiger partial charge in [0.25, 0.3) is 0 Å². The molecule has 9 heteroatoms. The normalized spacial score (nSPS) is 16.8. The first-order valence-electron chi connectivity index (χ1n) is 8.14. The molecule has 0 amide bonds. The lowest BCUT2D eigenvalue weighted by atomic mass is 10.1. The van der Waals surface area contributed by atoms with Gasteiger partial charge in [0, 0.05) is 13.1 Å². The van der Waals surface area contributed by atoms with Crippen molar-refractivity contribution in [2.45, 2.75) is 23.8 Å². The monoisotopic (exact) mass is 393 g/mol. The highest BCUT2D eigenvalue weighted by molar-refractivity contribution is 7.89. The number of rotatable bonds is 4. The molecule has 26 heavy (non-hydrogen) atoms. The third-order valence-electron chi connectivity index (χ3n) is 4.32. The van der Waals surface area contributed by atoms with Crippen LogP contribution in [-0.4, -0.2) is 41.9 Å². The summed E-state index contributed by atoms with van der Waals surface area (Å²) in [6.07, 6.45) is 2.44. The number of aromatic nitrogens is 2. The zero-order chi connectivity index (χ0) is 18.1. The molecule has 0 saturated carbocycles. The van der Waals surface area contributed by atoms with Crippen LogP contribution in [0.15, 0.2) is 46.9 Å². The van der Waals surface area contributed by atoms with E-state index in [9.17, 15) is 12.8 Å². The number of ether oxygens (including phenoxy) is 1. The molecule has 0 N–H and O–H groups in total. The minimum Gasteiger partial charge on any atom is -0.473 e. The van der Waals surface area contributed by atoms with Crippen molar-refractivity contribution in [3.63, 3.8) is 0 Å². The Bertz CT molecular complexity index is 1030. The van der Waals surface area contributed by atoms with Crippen molar-refractivity contribution >= 4 is 31.6 Å². The molecule has 1 saturated heterocycles. The summed E-state index contributed by atoms with van der Waals surface area (Å²) >= 11 is 1.51. The third-order valence-corrected chi connectivity index (χ3v) is 7.11. The molecule has 0 radical (unpaired) electrons. The predicted octanol–water partition coefficient (Wildman–Crippen LogP) is 3.06. The highest BCUT2D eigenvalue weighted by atomic mass is 32.2. The molecule has 0 bridgehead atoms. The van der Waals surface area contributed by atoms with Crippen molar-refractivity contribution in [1.29, 1.82) is 0 Å². The molecule has 1 fully saturated rings. The molecule has 1 aliphatic heterocycles. The molecule has 1 aromatic carbocycles. The maximum atomic E-state index is 13.4. The van der Waals surface area contributed by atoms with E-state index in [1.807, 2.05) is 11.4 Å². The Kier molecular flexibility index (Phi) is 4.60. The summed E-state index contributed by atoms with van der Waals surface area (Å²) < 4.78 is 46.9. The summed E-state index contributed by atoms with van der Waals surface area (Å²) in [5.74, 6) is -0.0236. The number of hydrogen-bond donors (Lipinski definition) is 0. The van der Waals surface area contributed by atoms with Gasteiger partial charge in [-0.2, -0.15) is 4.31 Å². The van der Waals surface area contributed by atoms with Crippen molar-refractivity contribution in [2.75, 3.05) is 13.1 Å². The van der Waals surface area contributed by atoms with E-state index < -0.39 is 15.8 Å². The topological polar surface area (TPSA) is 72.4 Å². The van der Waals surface area contributed by atoms with Crippen molar-refractivity contribution in [3.05, 3.63) is 47.9 Å². The number of halogens is 1. The van der Waals surface area contributed by atoms with E-state index in [2.05, 4.69) is 9.97 Å². The van der Waals surface area contributed by atoms with Crippen LogP contribution >= 0.6 is 11.3 Å². The Morgan fingerprint density at radius 3 is 2.77 bits per heavy atom. The molecule has 0 spiro atoms. The standard InChI is InChI=1S/C17H16FN3O3S2/c18-12-2-1-3-14(10-12)26(22,23)21-7-4-13(5-8-21)24-17-16-15(6-9-25-16)19-11-20-17/h1-3,6,9-11,13H,4-5,7-8H2. The Labute approximate surface area is 154 Å². The predicted molar refractivity (Wildman–Crippen MR) is 96.2 cm³/mol. The first-order valence-corrected chi connectivity index (χ1v) is 10.5. The summed E-state index contributed by atoms with van der Waals surface area (Å²) in [6.45, 7) is 0.643. The third kappa shape index (κ3) is 3.29. The van der Waals surface area contributed by atoms with Crippen LogP contribution in [0, 0.1) is 5.82 Å². The lowest BCUT2D eigenvalue weighted by Crippen LogP contribution is -2.41. The second-order valence-electron chi connectivity index (χ2n) is 5.99. The fraction of sp³-hybridized carbons (Fsp3) is 0.294. The fourth-order valence-corrected chi connectivity index (χ4v) is 5.25. The molecule has 0 atom stereocenters. The van der Waals surface area contributed by atoms with Crippen molar-refractivity contribution in [3.8, 4) is 5.88 Å². The number of hydrogen-bond acceptors (Lipinski definition) is 6. The quantitative estimate of drug-likeness (QED) is 0.681. The highest BCUT2D eigenvalue weighted by Crippen LogP contribution is 2.29. The van der Waals surface area contributed by atoms with E-state index in [1.54, 1.807) is 0 Å². The molecule has 136 valence electrons. The van der Waals surface area contributed by atoms with Crippen LogP contribution in [0.1, 0.15) is 12.8 Å². The molecule has 0 aliphatic carbocycles. The first-order chi connectivity index (χ1) is 12.5. The second-order valence-corrected chi connectivity index (χ2v) is 8.85. The van der Waals surface area contributed by atoms with Gasteiger partial charge < -0.3 is 4.74 Å². The Morgan fingerprint density at radius 2 is 2.00 bits per heavy atom. The lowest BCUT2D eigenvalue weighted by molar-refractivity contribution is 0.132. The summed E-state index contributed by atoms with van der Waals surface area (Å²) in [7, 11) is -3.69. The van der Waals surface area contributed by atoms with Gasteiger partial charge in [0.2, 0.25) is 15.9 Å². The fourth-order valence-electron chi connectivity index (χ4n) is 2.97. The number of benzene rings is 1. The average Bonchev–Trinajstić information content (AvgIpc) is 3.12. The summed E-state index contributed by atoms with van der Waals surface area (Å²) in [5.41, 5.74) is 0.839. The van der Waals surface area contributed by atoms with E-state index in [0.717, 1.165) is 16.3 Å². The molecule has 2 aromatic heterocycles. The number of nitrogens with zero attached hydrogens (tertiary/aromatic N) is 3. The Hall–Kier alpha value is -2.10. The average molecular weight is 393 g/mol. The molecular formula is C17H16FN3O3S2. The summed E-state index contributed by atoms with van der Waals surface area (Å²) in [6, 6.07) is 7.00. The zero-order valence-corrected chi connectivity index (χ0v) is 15.3. The van der Waals surface area contributed by atoms with Crippen molar-refractivity contribution in [2.24, 2.45) is 0 Å². The maximum Gasteiger partial charge on any atom is 0.243 e. The summed E-state index contributed by atoms with van der Waals surface area (Å²) in [5, 5.41) is 1.93. The van der Waals surface area contributed by atoms with E-state index in [-0.39, 0.29) is 11.0 Å². The number of fused-ring (bicyclic) bond motifs is 1. The first kappa shape index (κ1) is 17.3. The van der Waals surface area contributed by atoms with Gasteiger partial charge in [-0.25, -0.2) is 22.8 Å². The van der Waals surface area contributed by atoms with Gasteiger partial charge in [0.15, 0.2) is 0 Å². The van der Waals surface area contributed by atoms with Crippen LogP contribution in [0.2, 0.25) is 0 Å². The van der Waals surface area contributed by atoms with Gasteiger partial charge >= 0.3 is 0 Å². The Morgan fingerprint density at radius 1 is 1.19 bits per heavy atom. The van der Waals surface area contributed by atoms with Crippen LogP contribution in [0.25, 0.3) is 10.2 Å². The number of sulfonamides is 1. The largest absolute Gasteiger partial charge is 0.473 e. The van der Waals surface area contributed by atoms with Crippen molar-refractivity contribution in [1.82, 2.24) is 14.3 Å². The van der Waals surface area contributed by atoms with Crippen LogP contribution < -0.4 is 4.74 Å². The molecule has 3 heterocycles. The van der Waals surface area contributed by atoms with E-state index in [4.69, 9.17) is 4.74 Å². The minimum absolute atomic E-state index is 0.0204. The Balaban J connectivity index is 1.45. The molecular weight excluding hydrogens is 377 g/mol. The highest BCUT2D eigenvalue weighted by Gasteiger charge is 2.30. The van der Waals surface area contributed by atoms with Crippen LogP contribution in [0.3, 0.4) is 0 Å². The number of piperidine rings is 1. The SMILES string of the molecule is O=S(=O)(c1cccc(F)c1)N1CCC(Oc2ncnc3ccsc23)CC1. The van der Waals surface area contributed by atoms with Gasteiger partial charge in [-0.3, -0.25) is 0 Å². The van der Waals surface area contributed by atoms with Gasteiger partial charge in [0.1, 0.15) is 22.9 Å². The smallest absolute Gasteiger partial charge is 0.243 e. The van der Waals surface area contributed by atoms with Crippen LogP contribution in [-0.2, 0) is 10.0 Å². The lowest BCUT2D eigenvalue weighted by Gasteiger charge is -2.31. The van der Waals surface area contributed by atoms with Gasteiger partial charge in [-0.15, -0.1) is 11.3 Å². The summed E-state index contributed by atoms with van der Waals surface area (Å²) in [4.78, 5) is 8.36. The van der Waals surface area contributed by atoms with Gasteiger partial charge in [-0.05, 0) is 42.5 Å². The minimum atomic E-state index is -3.69. The second kappa shape index (κ2) is 6.90. The zero-order valence-electron chi connectivity index (χ0n) is 13.7. The van der Waals surface area contributed by atoms with Crippen molar-refractivity contribution < 1.29 is 17.5 Å². The van der Waals surface area contributed by atoms with Gasteiger partial charge in [-0.1, -0.05) is 6.07 Å². The van der Waals surface area contributed by atoms with Gasteiger partial charge in [0.05, 0.1) is 10.4 Å². The molecule has 0 unspecified atom stereocenters. The molecule has 3 aromatic rings. The molecule has 1 aliphatic rings. The van der Waals surface area contributed by atoms with E-state index in [1.165, 1.54) is 40.2 Å².